The molecule has 0 fully saturated rings. The number of rotatable bonds is 11. The summed E-state index contributed by atoms with van der Waals surface area (Å²) in [6.45, 7) is 2.99. The van der Waals surface area contributed by atoms with E-state index in [2.05, 4.69) is 5.32 Å². The van der Waals surface area contributed by atoms with Gasteiger partial charge in [0.2, 0.25) is 11.8 Å². The summed E-state index contributed by atoms with van der Waals surface area (Å²) in [4.78, 5) is 27.9. The Morgan fingerprint density at radius 2 is 1.63 bits per heavy atom. The quantitative estimate of drug-likeness (QED) is 0.397. The second-order valence-electron chi connectivity index (χ2n) is 8.68. The molecule has 0 aliphatic rings. The van der Waals surface area contributed by atoms with Crippen LogP contribution in [0.25, 0.3) is 0 Å². The third-order valence-electron chi connectivity index (χ3n) is 6.14. The number of halogens is 1. The molecule has 0 saturated carbocycles. The van der Waals surface area contributed by atoms with Gasteiger partial charge in [0.05, 0.1) is 17.7 Å². The number of carbonyl (C=O) groups excluding carboxylic acids is 2. The fourth-order valence-corrected chi connectivity index (χ4v) is 5.48. The molecule has 0 spiro atoms. The first-order valence-corrected chi connectivity index (χ1v) is 13.5. The van der Waals surface area contributed by atoms with Gasteiger partial charge in [-0.15, -0.1) is 0 Å². The van der Waals surface area contributed by atoms with Gasteiger partial charge in [-0.2, -0.15) is 0 Å². The van der Waals surface area contributed by atoms with Crippen LogP contribution in [-0.4, -0.2) is 51.9 Å². The number of hydrogen-bond acceptors (Lipinski definition) is 5. The van der Waals surface area contributed by atoms with E-state index in [1.807, 2.05) is 6.92 Å². The lowest BCUT2D eigenvalue weighted by molar-refractivity contribution is -0.140. The van der Waals surface area contributed by atoms with Crippen LogP contribution >= 0.6 is 0 Å². The zero-order valence-electron chi connectivity index (χ0n) is 21.8. The lowest BCUT2D eigenvalue weighted by atomic mass is 10.1. The Hall–Kier alpha value is -3.92. The van der Waals surface area contributed by atoms with Gasteiger partial charge in [0, 0.05) is 13.6 Å². The van der Waals surface area contributed by atoms with E-state index in [-0.39, 0.29) is 29.3 Å². The minimum atomic E-state index is -4.21. The maximum Gasteiger partial charge on any atom is 0.264 e. The van der Waals surface area contributed by atoms with Crippen molar-refractivity contribution in [3.63, 3.8) is 0 Å². The number of para-hydroxylation sites is 2. The predicted octanol–water partition coefficient (Wildman–Crippen LogP) is 3.89. The van der Waals surface area contributed by atoms with Gasteiger partial charge in [0.15, 0.2) is 0 Å². The largest absolute Gasteiger partial charge is 0.495 e. The molecule has 0 saturated heterocycles. The number of amides is 2. The number of hydrogen-bond donors (Lipinski definition) is 1. The minimum Gasteiger partial charge on any atom is -0.495 e. The van der Waals surface area contributed by atoms with E-state index in [4.69, 9.17) is 4.74 Å². The number of aryl methyl sites for hydroxylation is 1. The van der Waals surface area contributed by atoms with Crippen LogP contribution in [0.1, 0.15) is 24.5 Å². The molecule has 10 heteroatoms. The van der Waals surface area contributed by atoms with E-state index in [0.29, 0.717) is 5.56 Å². The fourth-order valence-electron chi connectivity index (χ4n) is 4.06. The van der Waals surface area contributed by atoms with Gasteiger partial charge in [0.1, 0.15) is 24.2 Å². The molecule has 0 heterocycles. The van der Waals surface area contributed by atoms with Crippen molar-refractivity contribution in [2.75, 3.05) is 25.0 Å². The van der Waals surface area contributed by atoms with Crippen molar-refractivity contribution in [1.29, 1.82) is 0 Å². The highest BCUT2D eigenvalue weighted by Gasteiger charge is 2.34. The van der Waals surface area contributed by atoms with Crippen LogP contribution in [0.3, 0.4) is 0 Å². The lowest BCUT2D eigenvalue weighted by Gasteiger charge is -2.33. The molecule has 2 amide bonds. The molecule has 3 aromatic carbocycles. The third-order valence-corrected chi connectivity index (χ3v) is 7.91. The number of nitrogens with one attached hydrogen (secondary N) is 1. The first-order valence-electron chi connectivity index (χ1n) is 12.1. The Morgan fingerprint density at radius 1 is 1.00 bits per heavy atom. The summed E-state index contributed by atoms with van der Waals surface area (Å²) in [6.07, 6.45) is 0.284. The molecule has 0 aliphatic heterocycles. The maximum absolute atomic E-state index is 13.9. The van der Waals surface area contributed by atoms with Crippen molar-refractivity contribution in [1.82, 2.24) is 10.2 Å². The van der Waals surface area contributed by atoms with Crippen LogP contribution < -0.4 is 14.4 Å². The second kappa shape index (κ2) is 12.6. The fraction of sp³-hybridized carbons (Fsp3) is 0.286. The van der Waals surface area contributed by atoms with Crippen molar-refractivity contribution in [3.8, 4) is 5.75 Å². The standard InChI is InChI=1S/C28H32FN3O5S/c1-5-24(28(34)30-3)31(18-21-12-14-22(29)15-13-21)27(33)19-32(25-8-6-7-9-26(25)37-4)38(35,36)23-16-10-20(2)11-17-23/h6-17,24H,5,18-19H2,1-4H3,(H,30,34). The van der Waals surface area contributed by atoms with Crippen molar-refractivity contribution in [3.05, 3.63) is 89.7 Å². The van der Waals surface area contributed by atoms with Gasteiger partial charge >= 0.3 is 0 Å². The van der Waals surface area contributed by atoms with Gasteiger partial charge in [0.25, 0.3) is 10.0 Å². The zero-order chi connectivity index (χ0) is 27.9. The molecule has 0 aromatic heterocycles. The summed E-state index contributed by atoms with van der Waals surface area (Å²) in [7, 11) is -1.33. The Labute approximate surface area is 223 Å². The van der Waals surface area contributed by atoms with Crippen LogP contribution in [0.5, 0.6) is 5.75 Å². The third kappa shape index (κ3) is 6.49. The summed E-state index contributed by atoms with van der Waals surface area (Å²) < 4.78 is 47.7. The van der Waals surface area contributed by atoms with E-state index in [9.17, 15) is 22.4 Å². The van der Waals surface area contributed by atoms with E-state index < -0.39 is 40.2 Å². The van der Waals surface area contributed by atoms with E-state index in [0.717, 1.165) is 9.87 Å². The highest BCUT2D eigenvalue weighted by atomic mass is 32.2. The number of carbonyl (C=O) groups is 2. The van der Waals surface area contributed by atoms with Crippen molar-refractivity contribution >= 4 is 27.5 Å². The Bertz CT molecular complexity index is 1360. The SMILES string of the molecule is CCC(C(=O)NC)N(Cc1ccc(F)cc1)C(=O)CN(c1ccccc1OC)S(=O)(=O)c1ccc(C)cc1. The summed E-state index contributed by atoms with van der Waals surface area (Å²) in [5, 5.41) is 2.57. The molecule has 0 bridgehead atoms. The number of ether oxygens (including phenoxy) is 1. The molecule has 1 unspecified atom stereocenters. The van der Waals surface area contributed by atoms with Crippen LogP contribution in [0.15, 0.2) is 77.7 Å². The average molecular weight is 542 g/mol. The molecule has 3 rings (SSSR count). The number of likely N-dealkylation sites (N-methyl/N-ethyl adjacent to an activating group) is 1. The van der Waals surface area contributed by atoms with E-state index in [1.54, 1.807) is 43.3 Å². The monoisotopic (exact) mass is 541 g/mol. The molecule has 8 nitrogen and oxygen atoms in total. The molecular formula is C28H32FN3O5S. The molecule has 0 radical (unpaired) electrons. The summed E-state index contributed by atoms with van der Waals surface area (Å²) in [5.74, 6) is -1.17. The van der Waals surface area contributed by atoms with Gasteiger partial charge in [-0.3, -0.25) is 13.9 Å². The number of methoxy groups -OCH3 is 1. The molecule has 38 heavy (non-hydrogen) atoms. The predicted molar refractivity (Wildman–Crippen MR) is 144 cm³/mol. The van der Waals surface area contributed by atoms with Crippen LogP contribution in [0.2, 0.25) is 0 Å². The van der Waals surface area contributed by atoms with Gasteiger partial charge in [-0.25, -0.2) is 12.8 Å². The molecule has 1 atom stereocenters. The summed E-state index contributed by atoms with van der Waals surface area (Å²) in [5.41, 5.74) is 1.65. The van der Waals surface area contributed by atoms with Crippen molar-refractivity contribution in [2.24, 2.45) is 0 Å². The molecule has 0 aliphatic carbocycles. The number of sulfonamides is 1. The zero-order valence-corrected chi connectivity index (χ0v) is 22.7. The Kier molecular flexibility index (Phi) is 9.46. The Balaban J connectivity index is 2.09. The highest BCUT2D eigenvalue weighted by molar-refractivity contribution is 7.92. The molecule has 1 N–H and O–H groups in total. The van der Waals surface area contributed by atoms with Gasteiger partial charge in [-0.05, 0) is 55.3 Å². The second-order valence-corrected chi connectivity index (χ2v) is 10.5. The van der Waals surface area contributed by atoms with Crippen molar-refractivity contribution < 1.29 is 27.1 Å². The molecule has 202 valence electrons. The molecule has 3 aromatic rings. The number of nitrogens with zero attached hydrogens (tertiary/aromatic N) is 2. The molecular weight excluding hydrogens is 509 g/mol. The average Bonchev–Trinajstić information content (AvgIpc) is 2.92. The Morgan fingerprint density at radius 3 is 2.21 bits per heavy atom. The minimum absolute atomic E-state index is 0.00485. The number of anilines is 1. The summed E-state index contributed by atoms with van der Waals surface area (Å²) >= 11 is 0. The van der Waals surface area contributed by atoms with Crippen molar-refractivity contribution in [2.45, 2.75) is 37.8 Å². The van der Waals surface area contributed by atoms with E-state index >= 15 is 0 Å². The highest BCUT2D eigenvalue weighted by Crippen LogP contribution is 2.32. The number of benzene rings is 3. The van der Waals surface area contributed by atoms with Gasteiger partial charge in [-0.1, -0.05) is 48.9 Å². The van der Waals surface area contributed by atoms with Gasteiger partial charge < -0.3 is 15.0 Å². The smallest absolute Gasteiger partial charge is 0.264 e. The van der Waals surface area contributed by atoms with E-state index in [1.165, 1.54) is 55.5 Å². The first kappa shape index (κ1) is 28.6. The first-order chi connectivity index (χ1) is 18.1. The maximum atomic E-state index is 13.9. The van der Waals surface area contributed by atoms with Crippen LogP contribution in [-0.2, 0) is 26.2 Å². The normalized spacial score (nSPS) is 11.9. The topological polar surface area (TPSA) is 96.0 Å². The van der Waals surface area contributed by atoms with Crippen LogP contribution in [0, 0.1) is 12.7 Å². The van der Waals surface area contributed by atoms with Crippen LogP contribution in [0.4, 0.5) is 10.1 Å². The lowest BCUT2D eigenvalue weighted by Crippen LogP contribution is -2.51. The summed E-state index contributed by atoms with van der Waals surface area (Å²) in [6, 6.07) is 17.5.